The maximum Gasteiger partial charge on any atom is 0.142 e. The Morgan fingerprint density at radius 1 is 1.14 bits per heavy atom. The van der Waals surface area contributed by atoms with Crippen LogP contribution in [0.25, 0.3) is 0 Å². The van der Waals surface area contributed by atoms with Crippen molar-refractivity contribution < 1.29 is 9.94 Å². The van der Waals surface area contributed by atoms with E-state index in [-0.39, 0.29) is 11.5 Å². The van der Waals surface area contributed by atoms with Crippen LogP contribution < -0.4 is 0 Å². The molecular formula is C11H22NO2. The molecule has 83 valence electrons. The number of nitrogens with zero attached hydrogens (tertiary/aromatic N) is 1. The zero-order valence-electron chi connectivity index (χ0n) is 10.3. The molecule has 0 saturated carbocycles. The summed E-state index contributed by atoms with van der Waals surface area (Å²) in [7, 11) is 0. The van der Waals surface area contributed by atoms with Gasteiger partial charge >= 0.3 is 0 Å². The smallest absolute Gasteiger partial charge is 0.142 e. The summed E-state index contributed by atoms with van der Waals surface area (Å²) in [5.74, 6) is 0. The average Bonchev–Trinajstić information content (AvgIpc) is 2.10. The Hall–Kier alpha value is -0.120. The van der Waals surface area contributed by atoms with E-state index >= 15 is 0 Å². The zero-order valence-corrected chi connectivity index (χ0v) is 10.3. The predicted octanol–water partition coefficient (Wildman–Crippen LogP) is 2.59. The molecule has 3 heteroatoms. The first-order valence-electron chi connectivity index (χ1n) is 5.15. The van der Waals surface area contributed by atoms with Crippen molar-refractivity contribution in [3.8, 4) is 0 Å². The van der Waals surface area contributed by atoms with Crippen molar-refractivity contribution in [2.75, 3.05) is 0 Å². The molecule has 0 bridgehead atoms. The van der Waals surface area contributed by atoms with E-state index in [1.165, 1.54) is 0 Å². The Bertz CT molecular complexity index is 228. The van der Waals surface area contributed by atoms with Crippen LogP contribution in [-0.2, 0) is 9.94 Å². The van der Waals surface area contributed by atoms with Crippen molar-refractivity contribution in [1.29, 1.82) is 0 Å². The van der Waals surface area contributed by atoms with Crippen LogP contribution in [0.15, 0.2) is 0 Å². The molecule has 0 aliphatic carbocycles. The molecule has 0 aromatic carbocycles. The quantitative estimate of drug-likeness (QED) is 0.602. The van der Waals surface area contributed by atoms with Gasteiger partial charge in [0.15, 0.2) is 0 Å². The van der Waals surface area contributed by atoms with E-state index in [0.29, 0.717) is 0 Å². The molecule has 1 unspecified atom stereocenters. The molecule has 1 radical (unpaired) electrons. The van der Waals surface area contributed by atoms with Gasteiger partial charge in [0, 0.05) is 0 Å². The van der Waals surface area contributed by atoms with Crippen LogP contribution in [0, 0.1) is 5.41 Å². The van der Waals surface area contributed by atoms with Crippen molar-refractivity contribution >= 4 is 0 Å². The molecule has 0 aromatic heterocycles. The van der Waals surface area contributed by atoms with E-state index < -0.39 is 11.3 Å². The predicted molar refractivity (Wildman–Crippen MR) is 55.0 cm³/mol. The largest absolute Gasteiger partial charge is 0.353 e. The van der Waals surface area contributed by atoms with Gasteiger partial charge in [0.25, 0.3) is 0 Å². The van der Waals surface area contributed by atoms with Gasteiger partial charge in [-0.25, -0.2) is 0 Å². The van der Waals surface area contributed by atoms with Gasteiger partial charge in [0.05, 0.1) is 11.6 Å². The van der Waals surface area contributed by atoms with Gasteiger partial charge in [0.1, 0.15) is 5.72 Å². The van der Waals surface area contributed by atoms with Crippen LogP contribution in [0.3, 0.4) is 0 Å². The molecule has 1 aliphatic rings. The first-order chi connectivity index (χ1) is 5.99. The molecule has 1 saturated heterocycles. The van der Waals surface area contributed by atoms with Gasteiger partial charge in [-0.05, 0) is 33.1 Å². The lowest BCUT2D eigenvalue weighted by molar-refractivity contribution is -0.277. The molecule has 1 atom stereocenters. The van der Waals surface area contributed by atoms with Crippen molar-refractivity contribution in [3.05, 3.63) is 0 Å². The monoisotopic (exact) mass is 200 g/mol. The summed E-state index contributed by atoms with van der Waals surface area (Å²) in [6.07, 6.45) is -0.0394. The maximum atomic E-state index is 12.0. The SMILES string of the molecule is CC(C)(C)C1OC(C)(C)N([O])C1(C)C. The highest BCUT2D eigenvalue weighted by Gasteiger charge is 2.57. The lowest BCUT2D eigenvalue weighted by atomic mass is 9.79. The Morgan fingerprint density at radius 2 is 1.57 bits per heavy atom. The topological polar surface area (TPSA) is 32.4 Å². The van der Waals surface area contributed by atoms with Crippen LogP contribution in [0.1, 0.15) is 48.5 Å². The van der Waals surface area contributed by atoms with Crippen LogP contribution >= 0.6 is 0 Å². The Balaban J connectivity index is 3.03. The van der Waals surface area contributed by atoms with Gasteiger partial charge in [-0.15, -0.1) is 10.3 Å². The maximum absolute atomic E-state index is 12.0. The highest BCUT2D eigenvalue weighted by Crippen LogP contribution is 2.45. The van der Waals surface area contributed by atoms with Gasteiger partial charge in [-0.3, -0.25) is 0 Å². The molecule has 14 heavy (non-hydrogen) atoms. The second-order valence-corrected chi connectivity index (χ2v) is 6.26. The van der Waals surface area contributed by atoms with E-state index in [0.717, 1.165) is 5.06 Å². The minimum atomic E-state index is -0.707. The van der Waals surface area contributed by atoms with Crippen LogP contribution in [0.4, 0.5) is 0 Å². The summed E-state index contributed by atoms with van der Waals surface area (Å²) in [5, 5.41) is 13.1. The second kappa shape index (κ2) is 2.94. The molecule has 0 N–H and O–H groups in total. The normalized spacial score (nSPS) is 32.1. The molecule has 1 rings (SSSR count). The minimum Gasteiger partial charge on any atom is -0.353 e. The Morgan fingerprint density at radius 3 is 1.71 bits per heavy atom. The van der Waals surface area contributed by atoms with E-state index in [4.69, 9.17) is 4.74 Å². The fraction of sp³-hybridized carbons (Fsp3) is 1.00. The molecule has 1 fully saturated rings. The number of hydrogen-bond donors (Lipinski definition) is 0. The lowest BCUT2D eigenvalue weighted by Crippen LogP contribution is -2.50. The number of ether oxygens (including phenoxy) is 1. The molecule has 3 nitrogen and oxygen atoms in total. The number of hydroxylamine groups is 2. The highest BCUT2D eigenvalue weighted by atomic mass is 16.6. The third-order valence-electron chi connectivity index (χ3n) is 2.85. The molecule has 1 heterocycles. The Labute approximate surface area is 87.0 Å². The highest BCUT2D eigenvalue weighted by molar-refractivity contribution is 5.01. The van der Waals surface area contributed by atoms with Crippen molar-refractivity contribution in [2.24, 2.45) is 5.41 Å². The third kappa shape index (κ3) is 1.69. The summed E-state index contributed by atoms with van der Waals surface area (Å²) >= 11 is 0. The fourth-order valence-electron chi connectivity index (χ4n) is 2.52. The summed E-state index contributed by atoms with van der Waals surface area (Å²) in [6, 6.07) is 0. The van der Waals surface area contributed by atoms with Gasteiger partial charge in [-0.2, -0.15) is 0 Å². The molecule has 0 aromatic rings. The zero-order chi connectivity index (χ0) is 11.4. The summed E-state index contributed by atoms with van der Waals surface area (Å²) in [6.45, 7) is 13.9. The minimum absolute atomic E-state index is 0.0140. The van der Waals surface area contributed by atoms with Crippen LogP contribution in [0.2, 0.25) is 0 Å². The first kappa shape index (κ1) is 12.0. The van der Waals surface area contributed by atoms with Crippen molar-refractivity contribution in [1.82, 2.24) is 5.06 Å². The van der Waals surface area contributed by atoms with Gasteiger partial charge < -0.3 is 4.74 Å². The fourth-order valence-corrected chi connectivity index (χ4v) is 2.52. The summed E-state index contributed by atoms with van der Waals surface area (Å²) in [4.78, 5) is 0. The molecule has 1 aliphatic heterocycles. The van der Waals surface area contributed by atoms with E-state index in [9.17, 15) is 5.21 Å². The lowest BCUT2D eigenvalue weighted by Gasteiger charge is -2.36. The third-order valence-corrected chi connectivity index (χ3v) is 2.85. The summed E-state index contributed by atoms with van der Waals surface area (Å²) in [5.41, 5.74) is -1.18. The first-order valence-corrected chi connectivity index (χ1v) is 5.15. The molecule has 0 amide bonds. The number of rotatable bonds is 0. The van der Waals surface area contributed by atoms with E-state index in [1.807, 2.05) is 27.7 Å². The van der Waals surface area contributed by atoms with E-state index in [2.05, 4.69) is 20.8 Å². The van der Waals surface area contributed by atoms with Crippen LogP contribution in [0.5, 0.6) is 0 Å². The van der Waals surface area contributed by atoms with Crippen molar-refractivity contribution in [3.63, 3.8) is 0 Å². The standard InChI is InChI=1S/C11H22NO2/c1-9(2,3)8-10(4,5)12(13)11(6,7)14-8/h8H,1-7H3. The van der Waals surface area contributed by atoms with Gasteiger partial charge in [0.2, 0.25) is 0 Å². The number of hydrogen-bond acceptors (Lipinski definition) is 2. The van der Waals surface area contributed by atoms with Gasteiger partial charge in [-0.1, -0.05) is 20.8 Å². The molecular weight excluding hydrogens is 178 g/mol. The molecule has 0 spiro atoms. The van der Waals surface area contributed by atoms with Crippen LogP contribution in [-0.4, -0.2) is 22.4 Å². The summed E-state index contributed by atoms with van der Waals surface area (Å²) < 4.78 is 5.85. The Kier molecular flexibility index (Phi) is 2.51. The second-order valence-electron chi connectivity index (χ2n) is 6.26. The van der Waals surface area contributed by atoms with Crippen molar-refractivity contribution in [2.45, 2.75) is 65.8 Å². The average molecular weight is 200 g/mol. The van der Waals surface area contributed by atoms with E-state index in [1.54, 1.807) is 0 Å².